The summed E-state index contributed by atoms with van der Waals surface area (Å²) in [6.07, 6.45) is -2.74. The standard InChI is InChI=1S/C22H23F3N4O2S/c1-3-31-17-7-5-4-6-15(17)19(29-10-8-18-14(12-29)9-11-32-18)21(30)26-16-13-28(2)27-20(16)22(23,24)25/h4-7,9,11,13,19H,3,8,10,12H2,1-2H3,(H,26,30). The molecule has 1 unspecified atom stereocenters. The maximum Gasteiger partial charge on any atom is 0.437 e. The fraction of sp³-hybridized carbons (Fsp3) is 0.364. The van der Waals surface area contributed by atoms with Gasteiger partial charge in [-0.2, -0.15) is 18.3 Å². The second kappa shape index (κ2) is 8.95. The highest BCUT2D eigenvalue weighted by Crippen LogP contribution is 2.37. The van der Waals surface area contributed by atoms with E-state index in [1.54, 1.807) is 35.6 Å². The van der Waals surface area contributed by atoms with Crippen molar-refractivity contribution in [1.82, 2.24) is 14.7 Å². The van der Waals surface area contributed by atoms with Crippen LogP contribution in [0.15, 0.2) is 41.9 Å². The SMILES string of the molecule is CCOc1ccccc1C(C(=O)Nc1cn(C)nc1C(F)(F)F)N1CCc2sccc2C1. The third kappa shape index (κ3) is 4.51. The van der Waals surface area contributed by atoms with Gasteiger partial charge in [0.1, 0.15) is 11.8 Å². The van der Waals surface area contributed by atoms with E-state index in [2.05, 4.69) is 10.4 Å². The third-order valence-corrected chi connectivity index (χ3v) is 6.34. The zero-order chi connectivity index (χ0) is 22.9. The minimum Gasteiger partial charge on any atom is -0.494 e. The van der Waals surface area contributed by atoms with Crippen molar-refractivity contribution >= 4 is 22.9 Å². The summed E-state index contributed by atoms with van der Waals surface area (Å²) >= 11 is 1.68. The third-order valence-electron chi connectivity index (χ3n) is 5.32. The highest BCUT2D eigenvalue weighted by molar-refractivity contribution is 7.10. The lowest BCUT2D eigenvalue weighted by molar-refractivity contribution is -0.140. The lowest BCUT2D eigenvalue weighted by Crippen LogP contribution is -2.40. The first-order chi connectivity index (χ1) is 15.3. The molecule has 1 aliphatic heterocycles. The summed E-state index contributed by atoms with van der Waals surface area (Å²) in [5, 5.41) is 7.99. The molecular weight excluding hydrogens is 441 g/mol. The van der Waals surface area contributed by atoms with Gasteiger partial charge in [-0.1, -0.05) is 18.2 Å². The summed E-state index contributed by atoms with van der Waals surface area (Å²) in [4.78, 5) is 16.7. The molecule has 0 spiro atoms. The summed E-state index contributed by atoms with van der Waals surface area (Å²) in [6, 6.07) is 8.35. The molecule has 0 bridgehead atoms. The molecule has 32 heavy (non-hydrogen) atoms. The van der Waals surface area contributed by atoms with Crippen molar-refractivity contribution in [3.8, 4) is 5.75 Å². The monoisotopic (exact) mass is 464 g/mol. The topological polar surface area (TPSA) is 59.4 Å². The number of nitrogens with zero attached hydrogens (tertiary/aromatic N) is 3. The molecule has 170 valence electrons. The Morgan fingerprint density at radius 2 is 2.09 bits per heavy atom. The minimum absolute atomic E-state index is 0.364. The lowest BCUT2D eigenvalue weighted by Gasteiger charge is -2.34. The van der Waals surface area contributed by atoms with E-state index in [0.29, 0.717) is 31.0 Å². The van der Waals surface area contributed by atoms with E-state index in [1.165, 1.54) is 18.1 Å². The van der Waals surface area contributed by atoms with Crippen molar-refractivity contribution in [2.24, 2.45) is 7.05 Å². The zero-order valence-corrected chi connectivity index (χ0v) is 18.5. The highest BCUT2D eigenvalue weighted by Gasteiger charge is 2.39. The number of para-hydroxylation sites is 1. The summed E-state index contributed by atoms with van der Waals surface area (Å²) in [5.74, 6) is -0.0252. The van der Waals surface area contributed by atoms with Crippen LogP contribution >= 0.6 is 11.3 Å². The van der Waals surface area contributed by atoms with Gasteiger partial charge in [0, 0.05) is 36.8 Å². The molecule has 10 heteroatoms. The number of ether oxygens (including phenoxy) is 1. The number of carbonyl (C=O) groups excluding carboxylic acids is 1. The maximum atomic E-state index is 13.5. The van der Waals surface area contributed by atoms with Crippen molar-refractivity contribution in [2.45, 2.75) is 32.1 Å². The van der Waals surface area contributed by atoms with Gasteiger partial charge in [-0.25, -0.2) is 0 Å². The fourth-order valence-corrected chi connectivity index (χ4v) is 4.87. The van der Waals surface area contributed by atoms with Crippen LogP contribution in [0, 0.1) is 0 Å². The quantitative estimate of drug-likeness (QED) is 0.578. The number of carbonyl (C=O) groups is 1. The number of fused-ring (bicyclic) bond motifs is 1. The molecule has 0 fully saturated rings. The average molecular weight is 465 g/mol. The Hall–Kier alpha value is -2.85. The van der Waals surface area contributed by atoms with E-state index in [1.807, 2.05) is 23.3 Å². The van der Waals surface area contributed by atoms with Crippen LogP contribution in [0.2, 0.25) is 0 Å². The number of benzene rings is 1. The van der Waals surface area contributed by atoms with Crippen LogP contribution in [0.4, 0.5) is 18.9 Å². The van der Waals surface area contributed by atoms with Crippen LogP contribution in [-0.4, -0.2) is 33.7 Å². The van der Waals surface area contributed by atoms with Gasteiger partial charge in [0.05, 0.1) is 12.3 Å². The van der Waals surface area contributed by atoms with E-state index in [4.69, 9.17) is 4.74 Å². The average Bonchev–Trinajstić information content (AvgIpc) is 3.35. The Labute approximate surface area is 187 Å². The number of hydrogen-bond acceptors (Lipinski definition) is 5. The Morgan fingerprint density at radius 3 is 2.84 bits per heavy atom. The predicted molar refractivity (Wildman–Crippen MR) is 116 cm³/mol. The number of amides is 1. The number of halogens is 3. The smallest absolute Gasteiger partial charge is 0.437 e. The summed E-state index contributed by atoms with van der Waals surface area (Å²) in [6.45, 7) is 3.37. The van der Waals surface area contributed by atoms with E-state index < -0.39 is 23.8 Å². The van der Waals surface area contributed by atoms with E-state index in [-0.39, 0.29) is 5.69 Å². The van der Waals surface area contributed by atoms with Crippen LogP contribution in [-0.2, 0) is 31.0 Å². The number of anilines is 1. The fourth-order valence-electron chi connectivity index (χ4n) is 3.98. The van der Waals surface area contributed by atoms with Crippen molar-refractivity contribution in [2.75, 3.05) is 18.5 Å². The highest BCUT2D eigenvalue weighted by atomic mass is 32.1. The molecule has 3 heterocycles. The van der Waals surface area contributed by atoms with Gasteiger partial charge in [-0.15, -0.1) is 11.3 Å². The molecule has 0 saturated heterocycles. The molecule has 4 rings (SSSR count). The molecule has 0 radical (unpaired) electrons. The summed E-state index contributed by atoms with van der Waals surface area (Å²) in [7, 11) is 1.38. The number of nitrogens with one attached hydrogen (secondary N) is 1. The van der Waals surface area contributed by atoms with Gasteiger partial charge >= 0.3 is 6.18 Å². The zero-order valence-electron chi connectivity index (χ0n) is 17.6. The van der Waals surface area contributed by atoms with Gasteiger partial charge in [0.15, 0.2) is 5.69 Å². The predicted octanol–water partition coefficient (Wildman–Crippen LogP) is 4.64. The normalized spacial score (nSPS) is 15.3. The maximum absolute atomic E-state index is 13.5. The van der Waals surface area contributed by atoms with Crippen LogP contribution < -0.4 is 10.1 Å². The molecular formula is C22H23F3N4O2S. The van der Waals surface area contributed by atoms with Gasteiger partial charge in [-0.3, -0.25) is 14.4 Å². The first-order valence-corrected chi connectivity index (χ1v) is 11.1. The van der Waals surface area contributed by atoms with Crippen molar-refractivity contribution in [3.63, 3.8) is 0 Å². The van der Waals surface area contributed by atoms with Crippen LogP contribution in [0.25, 0.3) is 0 Å². The van der Waals surface area contributed by atoms with Crippen molar-refractivity contribution in [1.29, 1.82) is 0 Å². The number of aromatic nitrogens is 2. The minimum atomic E-state index is -4.68. The number of aryl methyl sites for hydroxylation is 1. The number of thiophene rings is 1. The van der Waals surface area contributed by atoms with Crippen molar-refractivity contribution < 1.29 is 22.7 Å². The molecule has 0 saturated carbocycles. The van der Waals surface area contributed by atoms with Crippen LogP contribution in [0.3, 0.4) is 0 Å². The first-order valence-electron chi connectivity index (χ1n) is 10.2. The van der Waals surface area contributed by atoms with E-state index in [0.717, 1.165) is 16.7 Å². The van der Waals surface area contributed by atoms with E-state index in [9.17, 15) is 18.0 Å². The number of hydrogen-bond donors (Lipinski definition) is 1. The Kier molecular flexibility index (Phi) is 6.25. The van der Waals surface area contributed by atoms with Crippen LogP contribution in [0.1, 0.15) is 34.7 Å². The van der Waals surface area contributed by atoms with E-state index >= 15 is 0 Å². The Morgan fingerprint density at radius 1 is 1.31 bits per heavy atom. The van der Waals surface area contributed by atoms with Gasteiger partial charge in [-0.05, 0) is 36.4 Å². The molecule has 1 amide bonds. The molecule has 6 nitrogen and oxygen atoms in total. The molecule has 2 aromatic heterocycles. The second-order valence-corrected chi connectivity index (χ2v) is 8.52. The first kappa shape index (κ1) is 22.3. The number of rotatable bonds is 6. The van der Waals surface area contributed by atoms with Crippen LogP contribution in [0.5, 0.6) is 5.75 Å². The molecule has 1 N–H and O–H groups in total. The molecule has 1 atom stereocenters. The summed E-state index contributed by atoms with van der Waals surface area (Å²) < 4.78 is 47.1. The second-order valence-electron chi connectivity index (χ2n) is 7.51. The van der Waals surface area contributed by atoms with Crippen molar-refractivity contribution in [3.05, 3.63) is 63.6 Å². The number of alkyl halides is 3. The molecule has 3 aromatic rings. The molecule has 0 aliphatic carbocycles. The van der Waals surface area contributed by atoms with Gasteiger partial charge in [0.2, 0.25) is 5.91 Å². The van der Waals surface area contributed by atoms with Gasteiger partial charge in [0.25, 0.3) is 0 Å². The molecule has 1 aliphatic rings. The largest absolute Gasteiger partial charge is 0.494 e. The van der Waals surface area contributed by atoms with Gasteiger partial charge < -0.3 is 10.1 Å². The Balaban J connectivity index is 1.71. The molecule has 1 aromatic carbocycles. The lowest BCUT2D eigenvalue weighted by atomic mass is 9.99. The Bertz CT molecular complexity index is 1110. The summed E-state index contributed by atoms with van der Waals surface area (Å²) in [5.41, 5.74) is 0.259.